The number of fused-ring (bicyclic) bond motifs is 18. The summed E-state index contributed by atoms with van der Waals surface area (Å²) in [7, 11) is 0. The van der Waals surface area contributed by atoms with Gasteiger partial charge in [0, 0.05) is 32.7 Å². The third kappa shape index (κ3) is 5.43. The van der Waals surface area contributed by atoms with Crippen LogP contribution in [0.4, 0.5) is 0 Å². The minimum Gasteiger partial charge on any atom is -0.208 e. The Balaban J connectivity index is 1.50. The van der Waals surface area contributed by atoms with Gasteiger partial charge in [0.15, 0.2) is 34.2 Å². The normalized spacial score (nSPS) is 11.4. The number of benzene rings is 6. The first kappa shape index (κ1) is 29.5. The Kier molecular flexibility index (Phi) is 7.13. The maximum atomic E-state index is 5.10. The molecule has 0 aliphatic carbocycles. The van der Waals surface area contributed by atoms with E-state index in [0.29, 0.717) is 34.2 Å². The number of nitrogens with zero attached hydrogens (tertiary/aromatic N) is 6. The van der Waals surface area contributed by atoms with Crippen molar-refractivity contribution in [2.75, 3.05) is 0 Å². The van der Waals surface area contributed by atoms with Crippen LogP contribution in [0.5, 0.6) is 0 Å². The quantitative estimate of drug-likeness (QED) is 0.187. The van der Waals surface area contributed by atoms with Gasteiger partial charge in [0.2, 0.25) is 0 Å². The Bertz CT molecular complexity index is 2730. The molecule has 0 unspecified atom stereocenters. The first-order valence-electron chi connectivity index (χ1n) is 16.6. The van der Waals surface area contributed by atoms with Crippen molar-refractivity contribution >= 4 is 65.7 Å². The maximum Gasteiger partial charge on any atom is 0.164 e. The highest BCUT2D eigenvalue weighted by atomic mass is 15.0. The van der Waals surface area contributed by atoms with Gasteiger partial charge >= 0.3 is 0 Å². The van der Waals surface area contributed by atoms with E-state index in [1.165, 1.54) is 0 Å². The van der Waals surface area contributed by atoms with Gasteiger partial charge in [-0.1, -0.05) is 121 Å². The monoisotopic (exact) mass is 642 g/mol. The van der Waals surface area contributed by atoms with Crippen LogP contribution in [0.2, 0.25) is 0 Å². The van der Waals surface area contributed by atoms with Gasteiger partial charge in [-0.15, -0.1) is 0 Å². The lowest BCUT2D eigenvalue weighted by Crippen LogP contribution is -1.95. The molecule has 0 amide bonds. The largest absolute Gasteiger partial charge is 0.208 e. The SMILES string of the molecule is Cc1ccc2cc1c1cccc(c1)c1nc(-c3ccccc3)nc(n1)c1cccc(c1)c1cc(ccc1C)c1nc(-c3ccccc3)nc2n1. The summed E-state index contributed by atoms with van der Waals surface area (Å²) in [5.41, 5.74) is 6.61. The van der Waals surface area contributed by atoms with Crippen LogP contribution < -0.4 is 0 Å². The number of aromatic nitrogens is 6. The van der Waals surface area contributed by atoms with Crippen molar-refractivity contribution in [3.05, 3.63) is 157 Å². The Morgan fingerprint density at radius 3 is 1.06 bits per heavy atom. The van der Waals surface area contributed by atoms with E-state index >= 15 is 0 Å². The van der Waals surface area contributed by atoms with Gasteiger partial charge in [-0.3, -0.25) is 0 Å². The van der Waals surface area contributed by atoms with E-state index in [1.54, 1.807) is 0 Å². The predicted octanol–water partition coefficient (Wildman–Crippen LogP) is 10.6. The van der Waals surface area contributed by atoms with E-state index < -0.39 is 0 Å². The molecule has 0 N–H and O–H groups in total. The Hall–Kier alpha value is -6.66. The van der Waals surface area contributed by atoms with Gasteiger partial charge in [0.05, 0.1) is 0 Å². The highest BCUT2D eigenvalue weighted by molar-refractivity contribution is 5.98. The number of hydrogen-bond acceptors (Lipinski definition) is 6. The van der Waals surface area contributed by atoms with E-state index in [9.17, 15) is 0 Å². The zero-order chi connectivity index (χ0) is 33.6. The average Bonchev–Trinajstić information content (AvgIpc) is 3.18. The second kappa shape index (κ2) is 12.1. The zero-order valence-electron chi connectivity index (χ0n) is 27.5. The summed E-state index contributed by atoms with van der Waals surface area (Å²) in [6.07, 6.45) is 0. The summed E-state index contributed by atoms with van der Waals surface area (Å²) >= 11 is 0. The smallest absolute Gasteiger partial charge is 0.164 e. The predicted molar refractivity (Wildman–Crippen MR) is 205 cm³/mol. The van der Waals surface area contributed by atoms with Crippen molar-refractivity contribution in [3.8, 4) is 22.8 Å². The average molecular weight is 643 g/mol. The van der Waals surface area contributed by atoms with Crippen LogP contribution in [0, 0.1) is 13.8 Å². The molecule has 50 heavy (non-hydrogen) atoms. The molecule has 0 aliphatic rings. The van der Waals surface area contributed by atoms with E-state index in [4.69, 9.17) is 29.9 Å². The van der Waals surface area contributed by atoms with Crippen molar-refractivity contribution in [3.63, 3.8) is 0 Å². The molecule has 0 saturated carbocycles. The van der Waals surface area contributed by atoms with Crippen LogP contribution >= 0.6 is 0 Å². The summed E-state index contributed by atoms with van der Waals surface area (Å²) in [4.78, 5) is 30.2. The molecular weight excluding hydrogens is 613 g/mol. The highest BCUT2D eigenvalue weighted by Crippen LogP contribution is 2.27. The number of rotatable bonds is 2. The topological polar surface area (TPSA) is 77.3 Å². The van der Waals surface area contributed by atoms with Gasteiger partial charge in [-0.05, 0) is 70.8 Å². The van der Waals surface area contributed by atoms with Crippen LogP contribution in [0.25, 0.3) is 88.5 Å². The lowest BCUT2D eigenvalue weighted by molar-refractivity contribution is 1.18. The molecule has 12 bridgehead atoms. The molecule has 6 nitrogen and oxygen atoms in total. The summed E-state index contributed by atoms with van der Waals surface area (Å²) in [5, 5.41) is 7.89. The van der Waals surface area contributed by atoms with E-state index in [1.807, 2.05) is 60.7 Å². The van der Waals surface area contributed by atoms with Crippen molar-refractivity contribution < 1.29 is 0 Å². The molecule has 236 valence electrons. The van der Waals surface area contributed by atoms with Crippen LogP contribution in [0.15, 0.2) is 146 Å². The minimum atomic E-state index is 0.615. The first-order valence-corrected chi connectivity index (χ1v) is 16.6. The van der Waals surface area contributed by atoms with Crippen LogP contribution in [-0.4, -0.2) is 29.9 Å². The lowest BCUT2D eigenvalue weighted by Gasteiger charge is -2.06. The second-order valence-corrected chi connectivity index (χ2v) is 12.6. The molecule has 0 saturated heterocycles. The molecule has 0 spiro atoms. The van der Waals surface area contributed by atoms with Gasteiger partial charge in [-0.2, -0.15) is 0 Å². The maximum absolute atomic E-state index is 5.10. The fourth-order valence-electron chi connectivity index (χ4n) is 6.50. The second-order valence-electron chi connectivity index (χ2n) is 12.6. The molecule has 6 heteroatoms. The molecule has 3 aromatic heterocycles. The third-order valence-electron chi connectivity index (χ3n) is 9.19. The van der Waals surface area contributed by atoms with Gasteiger partial charge in [0.1, 0.15) is 0 Å². The summed E-state index contributed by atoms with van der Waals surface area (Å²) in [6, 6.07) is 49.7. The van der Waals surface area contributed by atoms with Gasteiger partial charge in [0.25, 0.3) is 0 Å². The Morgan fingerprint density at radius 2 is 0.660 bits per heavy atom. The van der Waals surface area contributed by atoms with Crippen LogP contribution in [-0.2, 0) is 0 Å². The lowest BCUT2D eigenvalue weighted by atomic mass is 10.0. The van der Waals surface area contributed by atoms with Crippen LogP contribution in [0.3, 0.4) is 0 Å². The summed E-state index contributed by atoms with van der Waals surface area (Å²) < 4.78 is 0. The summed E-state index contributed by atoms with van der Waals surface area (Å²) in [5.74, 6) is 1.26. The molecule has 9 rings (SSSR count). The van der Waals surface area contributed by atoms with E-state index in [2.05, 4.69) is 98.8 Å². The van der Waals surface area contributed by atoms with Gasteiger partial charge in [-0.25, -0.2) is 29.9 Å². The number of aryl methyl sites for hydroxylation is 2. The molecule has 0 atom stereocenters. The van der Waals surface area contributed by atoms with Crippen molar-refractivity contribution in [1.82, 2.24) is 29.9 Å². The van der Waals surface area contributed by atoms with Gasteiger partial charge < -0.3 is 0 Å². The molecule has 6 aromatic carbocycles. The number of hydrogen-bond donors (Lipinski definition) is 0. The van der Waals surface area contributed by atoms with Crippen molar-refractivity contribution in [2.24, 2.45) is 0 Å². The first-order chi connectivity index (χ1) is 24.6. The van der Waals surface area contributed by atoms with E-state index in [0.717, 1.165) is 65.3 Å². The summed E-state index contributed by atoms with van der Waals surface area (Å²) in [6.45, 7) is 4.25. The Labute approximate surface area is 288 Å². The molecule has 3 heterocycles. The molecule has 0 fully saturated rings. The van der Waals surface area contributed by atoms with Crippen LogP contribution in [0.1, 0.15) is 11.1 Å². The van der Waals surface area contributed by atoms with Crippen molar-refractivity contribution in [2.45, 2.75) is 13.8 Å². The molecule has 9 aromatic rings. The van der Waals surface area contributed by atoms with E-state index in [-0.39, 0.29) is 0 Å². The molecule has 0 radical (unpaired) electrons. The fourth-order valence-corrected chi connectivity index (χ4v) is 6.50. The fraction of sp³-hybridized carbons (Fsp3) is 0.0455. The van der Waals surface area contributed by atoms with Crippen molar-refractivity contribution in [1.29, 1.82) is 0 Å². The highest BCUT2D eigenvalue weighted by Gasteiger charge is 2.10. The molecule has 0 aliphatic heterocycles. The molecular formula is C44H30N6. The standard InChI is InChI=1S/C44H30N6/c1-27-19-21-35-25-37(27)31-15-9-17-33(23-31)41-45-39(29-11-5-3-6-12-29)46-42(49-41)34-18-10-16-32(24-34)38-26-36(22-20-28(38)2)44-48-40(47-43(35)50-44)30-13-7-4-8-14-30/h3-26H,1-2H3. The zero-order valence-corrected chi connectivity index (χ0v) is 27.5. The Morgan fingerprint density at radius 1 is 0.300 bits per heavy atom. The third-order valence-corrected chi connectivity index (χ3v) is 9.19. The minimum absolute atomic E-state index is 0.615.